The second-order valence-electron chi connectivity index (χ2n) is 5.62. The highest BCUT2D eigenvalue weighted by Gasteiger charge is 2.25. The van der Waals surface area contributed by atoms with Gasteiger partial charge in [0.05, 0.1) is 0 Å². The van der Waals surface area contributed by atoms with Gasteiger partial charge in [0.2, 0.25) is 5.91 Å². The molecule has 0 bridgehead atoms. The lowest BCUT2D eigenvalue weighted by molar-refractivity contribution is -0.121. The molecule has 1 heterocycles. The third-order valence-electron chi connectivity index (χ3n) is 3.96. The Balaban J connectivity index is 1.81. The smallest absolute Gasteiger partial charge is 0.317 e. The second kappa shape index (κ2) is 7.31. The van der Waals surface area contributed by atoms with E-state index in [-0.39, 0.29) is 24.0 Å². The minimum Gasteiger partial charge on any atom is -0.352 e. The molecule has 112 valence electrons. The van der Waals surface area contributed by atoms with E-state index in [1.165, 1.54) is 0 Å². The lowest BCUT2D eigenvalue weighted by atomic mass is 10.0. The summed E-state index contributed by atoms with van der Waals surface area (Å²) < 4.78 is 0. The Bertz CT molecular complexity index is 381. The van der Waals surface area contributed by atoms with Crippen molar-refractivity contribution in [3.8, 4) is 0 Å². The summed E-state index contributed by atoms with van der Waals surface area (Å²) in [7, 11) is 0. The molecule has 1 fully saturated rings. The highest BCUT2D eigenvalue weighted by atomic mass is 16.2. The maximum atomic E-state index is 12.2. The molecule has 2 atom stereocenters. The number of likely N-dealkylation sites (tertiary alicyclic amines) is 1. The van der Waals surface area contributed by atoms with E-state index in [9.17, 15) is 9.59 Å². The number of carbonyl (C=O) groups excluding carboxylic acids is 2. The number of carbonyl (C=O) groups is 2. The van der Waals surface area contributed by atoms with Crippen LogP contribution in [0.3, 0.4) is 0 Å². The van der Waals surface area contributed by atoms with Crippen LogP contribution in [-0.4, -0.2) is 42.0 Å². The first-order valence-corrected chi connectivity index (χ1v) is 7.70. The van der Waals surface area contributed by atoms with Gasteiger partial charge in [-0.05, 0) is 32.1 Å². The van der Waals surface area contributed by atoms with Gasteiger partial charge in [-0.25, -0.2) is 4.79 Å². The quantitative estimate of drug-likeness (QED) is 0.774. The first-order valence-electron chi connectivity index (χ1n) is 7.70. The van der Waals surface area contributed by atoms with Gasteiger partial charge in [-0.1, -0.05) is 19.1 Å². The van der Waals surface area contributed by atoms with E-state index in [1.807, 2.05) is 11.8 Å². The van der Waals surface area contributed by atoms with Crippen molar-refractivity contribution in [1.29, 1.82) is 0 Å². The zero-order valence-electron chi connectivity index (χ0n) is 12.2. The highest BCUT2D eigenvalue weighted by Crippen LogP contribution is 2.13. The average molecular weight is 279 g/mol. The molecule has 2 rings (SSSR count). The number of nitrogens with zero attached hydrogens (tertiary/aromatic N) is 1. The summed E-state index contributed by atoms with van der Waals surface area (Å²) in [6, 6.07) is 0.266. The van der Waals surface area contributed by atoms with Crippen molar-refractivity contribution < 1.29 is 9.59 Å². The Morgan fingerprint density at radius 2 is 2.10 bits per heavy atom. The number of piperidine rings is 1. The topological polar surface area (TPSA) is 61.4 Å². The Hall–Kier alpha value is -1.52. The molecule has 0 spiro atoms. The normalized spacial score (nSPS) is 26.1. The van der Waals surface area contributed by atoms with Crippen LogP contribution in [-0.2, 0) is 4.79 Å². The molecule has 0 aromatic rings. The van der Waals surface area contributed by atoms with Crippen molar-refractivity contribution in [3.05, 3.63) is 12.2 Å². The number of amides is 3. The van der Waals surface area contributed by atoms with Crippen molar-refractivity contribution >= 4 is 11.9 Å². The van der Waals surface area contributed by atoms with Crippen LogP contribution >= 0.6 is 0 Å². The number of urea groups is 1. The molecule has 1 aliphatic heterocycles. The second-order valence-corrected chi connectivity index (χ2v) is 5.62. The molecule has 0 aromatic heterocycles. The first kappa shape index (κ1) is 14.9. The predicted octanol–water partition coefficient (Wildman–Crippen LogP) is 1.80. The summed E-state index contributed by atoms with van der Waals surface area (Å²) in [6.07, 6.45) is 9.89. The highest BCUT2D eigenvalue weighted by molar-refractivity contribution is 5.77. The summed E-state index contributed by atoms with van der Waals surface area (Å²) >= 11 is 0. The SMILES string of the molecule is CCC(=O)N[C@H]1CCCN(C(=O)N[C@@H]2C=CCCC2)C1. The third-order valence-corrected chi connectivity index (χ3v) is 3.96. The Kier molecular flexibility index (Phi) is 5.44. The van der Waals surface area contributed by atoms with Crippen LogP contribution in [0.2, 0.25) is 0 Å². The minimum absolute atomic E-state index is 0.00278. The minimum atomic E-state index is -0.00278. The van der Waals surface area contributed by atoms with Crippen LogP contribution in [0, 0.1) is 0 Å². The van der Waals surface area contributed by atoms with Gasteiger partial charge in [-0.15, -0.1) is 0 Å². The molecular weight excluding hydrogens is 254 g/mol. The molecule has 5 nitrogen and oxygen atoms in total. The number of hydrogen-bond acceptors (Lipinski definition) is 2. The fourth-order valence-electron chi connectivity index (χ4n) is 2.79. The van der Waals surface area contributed by atoms with E-state index in [0.717, 1.165) is 38.6 Å². The van der Waals surface area contributed by atoms with Gasteiger partial charge in [0.25, 0.3) is 0 Å². The summed E-state index contributed by atoms with van der Waals surface area (Å²) in [5.41, 5.74) is 0. The Labute approximate surface area is 120 Å². The van der Waals surface area contributed by atoms with Crippen LogP contribution in [0.1, 0.15) is 45.4 Å². The Morgan fingerprint density at radius 3 is 2.80 bits per heavy atom. The van der Waals surface area contributed by atoms with Gasteiger partial charge in [0.1, 0.15) is 0 Å². The van der Waals surface area contributed by atoms with Crippen molar-refractivity contribution in [2.45, 2.75) is 57.5 Å². The van der Waals surface area contributed by atoms with E-state index >= 15 is 0 Å². The summed E-state index contributed by atoms with van der Waals surface area (Å²) in [5, 5.41) is 6.05. The van der Waals surface area contributed by atoms with Crippen LogP contribution in [0.5, 0.6) is 0 Å². The van der Waals surface area contributed by atoms with Gasteiger partial charge in [-0.2, -0.15) is 0 Å². The maximum absolute atomic E-state index is 12.2. The van der Waals surface area contributed by atoms with E-state index in [2.05, 4.69) is 22.8 Å². The fraction of sp³-hybridized carbons (Fsp3) is 0.733. The predicted molar refractivity (Wildman–Crippen MR) is 78.3 cm³/mol. The molecule has 20 heavy (non-hydrogen) atoms. The lowest BCUT2D eigenvalue weighted by Crippen LogP contribution is -2.53. The molecule has 0 aromatic carbocycles. The van der Waals surface area contributed by atoms with Crippen LogP contribution < -0.4 is 10.6 Å². The van der Waals surface area contributed by atoms with Gasteiger partial charge in [-0.3, -0.25) is 4.79 Å². The molecule has 0 radical (unpaired) electrons. The molecule has 2 N–H and O–H groups in total. The van der Waals surface area contributed by atoms with Crippen LogP contribution in [0.25, 0.3) is 0 Å². The van der Waals surface area contributed by atoms with E-state index in [1.54, 1.807) is 0 Å². The maximum Gasteiger partial charge on any atom is 0.317 e. The van der Waals surface area contributed by atoms with Gasteiger partial charge >= 0.3 is 6.03 Å². The monoisotopic (exact) mass is 279 g/mol. The van der Waals surface area contributed by atoms with Gasteiger partial charge < -0.3 is 15.5 Å². The van der Waals surface area contributed by atoms with E-state index < -0.39 is 0 Å². The summed E-state index contributed by atoms with van der Waals surface area (Å²) in [5.74, 6) is 0.0625. The van der Waals surface area contributed by atoms with Gasteiger partial charge in [0.15, 0.2) is 0 Å². The van der Waals surface area contributed by atoms with Crippen LogP contribution in [0.4, 0.5) is 4.79 Å². The van der Waals surface area contributed by atoms with Crippen LogP contribution in [0.15, 0.2) is 12.2 Å². The third kappa shape index (κ3) is 4.25. The summed E-state index contributed by atoms with van der Waals surface area (Å²) in [4.78, 5) is 25.5. The summed E-state index contributed by atoms with van der Waals surface area (Å²) in [6.45, 7) is 3.24. The number of rotatable bonds is 3. The molecule has 1 aliphatic carbocycles. The fourth-order valence-corrected chi connectivity index (χ4v) is 2.79. The molecule has 0 saturated carbocycles. The molecular formula is C15H25N3O2. The van der Waals surface area contributed by atoms with Crippen molar-refractivity contribution in [2.24, 2.45) is 0 Å². The molecule has 5 heteroatoms. The van der Waals surface area contributed by atoms with Crippen molar-refractivity contribution in [3.63, 3.8) is 0 Å². The lowest BCUT2D eigenvalue weighted by Gasteiger charge is -2.34. The molecule has 1 saturated heterocycles. The first-order chi connectivity index (χ1) is 9.69. The van der Waals surface area contributed by atoms with Gasteiger partial charge in [0, 0.05) is 31.6 Å². The number of nitrogens with one attached hydrogen (secondary N) is 2. The van der Waals surface area contributed by atoms with Crippen molar-refractivity contribution in [2.75, 3.05) is 13.1 Å². The number of hydrogen-bond donors (Lipinski definition) is 2. The number of allylic oxidation sites excluding steroid dienone is 1. The van der Waals surface area contributed by atoms with E-state index in [0.29, 0.717) is 13.0 Å². The zero-order valence-corrected chi connectivity index (χ0v) is 12.2. The van der Waals surface area contributed by atoms with E-state index in [4.69, 9.17) is 0 Å². The molecule has 3 amide bonds. The van der Waals surface area contributed by atoms with Crippen molar-refractivity contribution in [1.82, 2.24) is 15.5 Å². The largest absolute Gasteiger partial charge is 0.352 e. The standard InChI is InChI=1S/C15H25N3O2/c1-2-14(19)16-13-9-6-10-18(11-13)15(20)17-12-7-4-3-5-8-12/h4,7,12-13H,2-3,5-6,8-11H2,1H3,(H,16,19)(H,17,20)/t12-,13+/m1/s1. The molecule has 0 unspecified atom stereocenters. The Morgan fingerprint density at radius 1 is 1.25 bits per heavy atom. The molecule has 2 aliphatic rings. The average Bonchev–Trinajstić information content (AvgIpc) is 2.48. The zero-order chi connectivity index (χ0) is 14.4.